The summed E-state index contributed by atoms with van der Waals surface area (Å²) in [6.45, 7) is 6.27. The molecule has 49 heavy (non-hydrogen) atoms. The van der Waals surface area contributed by atoms with E-state index in [0.717, 1.165) is 28.9 Å². The van der Waals surface area contributed by atoms with E-state index in [1.807, 2.05) is 36.9 Å². The zero-order valence-electron chi connectivity index (χ0n) is 26.9. The number of hydrogen-bond donors (Lipinski definition) is 1. The number of benzene rings is 3. The van der Waals surface area contributed by atoms with Crippen molar-refractivity contribution < 1.29 is 44.7 Å². The molecule has 0 aromatic heterocycles. The molecule has 14 heteroatoms. The van der Waals surface area contributed by atoms with Gasteiger partial charge in [-0.25, -0.2) is 8.78 Å². The maximum Gasteiger partial charge on any atom is 0.416 e. The Morgan fingerprint density at radius 3 is 1.92 bits per heavy atom. The van der Waals surface area contributed by atoms with Gasteiger partial charge in [0.15, 0.2) is 0 Å². The molecule has 2 atom stereocenters. The molecule has 0 saturated carbocycles. The van der Waals surface area contributed by atoms with Crippen LogP contribution in [0.25, 0.3) is 0 Å². The van der Waals surface area contributed by atoms with Crippen molar-refractivity contribution in [1.82, 2.24) is 14.7 Å². The summed E-state index contributed by atoms with van der Waals surface area (Å²) in [5.41, 5.74) is -1.12. The second-order valence-corrected chi connectivity index (χ2v) is 12.7. The molecule has 0 radical (unpaired) electrons. The number of nitrogens with zero attached hydrogens (tertiary/aromatic N) is 3. The fourth-order valence-electron chi connectivity index (χ4n) is 6.75. The van der Waals surface area contributed by atoms with Gasteiger partial charge in [0, 0.05) is 62.1 Å². The molecule has 2 aliphatic rings. The topological polar surface area (TPSA) is 55.9 Å². The Labute approximate surface area is 278 Å². The van der Waals surface area contributed by atoms with Gasteiger partial charge >= 0.3 is 12.4 Å². The van der Waals surface area contributed by atoms with Crippen LogP contribution in [0.3, 0.4) is 0 Å². The Hall–Kier alpha value is -4.04. The summed E-state index contributed by atoms with van der Waals surface area (Å²) < 4.78 is 110. The van der Waals surface area contributed by atoms with E-state index in [1.165, 1.54) is 4.90 Å². The fourth-order valence-corrected chi connectivity index (χ4v) is 6.75. The Balaban J connectivity index is 1.31. The average Bonchev–Trinajstić information content (AvgIpc) is 3.01. The van der Waals surface area contributed by atoms with E-state index in [4.69, 9.17) is 0 Å². The van der Waals surface area contributed by atoms with Gasteiger partial charge in [-0.3, -0.25) is 19.4 Å². The molecule has 264 valence electrons. The molecule has 6 nitrogen and oxygen atoms in total. The molecule has 0 bridgehead atoms. The molecule has 2 saturated heterocycles. The van der Waals surface area contributed by atoms with Crippen LogP contribution >= 0.6 is 0 Å². The second-order valence-electron chi connectivity index (χ2n) is 12.7. The summed E-state index contributed by atoms with van der Waals surface area (Å²) in [5.74, 6) is -2.89. The molecule has 0 unspecified atom stereocenters. The summed E-state index contributed by atoms with van der Waals surface area (Å²) in [7, 11) is 0. The summed E-state index contributed by atoms with van der Waals surface area (Å²) >= 11 is 0. The third kappa shape index (κ3) is 8.96. The number of para-hydroxylation sites is 1. The van der Waals surface area contributed by atoms with Gasteiger partial charge in [0.2, 0.25) is 5.91 Å². The van der Waals surface area contributed by atoms with E-state index < -0.39 is 52.6 Å². The number of hydrogen-bond acceptors (Lipinski definition) is 4. The third-order valence-electron chi connectivity index (χ3n) is 9.21. The van der Waals surface area contributed by atoms with Gasteiger partial charge in [0.25, 0.3) is 5.91 Å². The third-order valence-corrected chi connectivity index (χ3v) is 9.21. The molecule has 5 rings (SSSR count). The maximum absolute atomic E-state index is 14.1. The molecular formula is C35H36F8N4O2. The van der Waals surface area contributed by atoms with Gasteiger partial charge in [0.05, 0.1) is 17.7 Å². The zero-order chi connectivity index (χ0) is 35.7. The maximum atomic E-state index is 14.1. The van der Waals surface area contributed by atoms with Crippen LogP contribution in [0.5, 0.6) is 0 Å². The summed E-state index contributed by atoms with van der Waals surface area (Å²) in [4.78, 5) is 31.9. The number of piperidine rings is 1. The lowest BCUT2D eigenvalue weighted by molar-refractivity contribution is -0.143. The van der Waals surface area contributed by atoms with Crippen molar-refractivity contribution in [1.29, 1.82) is 0 Å². The van der Waals surface area contributed by atoms with Crippen molar-refractivity contribution >= 4 is 17.5 Å². The first-order valence-corrected chi connectivity index (χ1v) is 15.9. The molecule has 2 amide bonds. The second kappa shape index (κ2) is 14.4. The van der Waals surface area contributed by atoms with Crippen LogP contribution in [0.2, 0.25) is 0 Å². The summed E-state index contributed by atoms with van der Waals surface area (Å²) in [6.07, 6.45) is -9.70. The van der Waals surface area contributed by atoms with E-state index >= 15 is 0 Å². The molecule has 2 fully saturated rings. The standard InChI is InChI=1S/C35H36F8N4O2/c1-21-4-3-5-22(2)32(21)44-31(48)20-45-8-10-46(11-9-45)29-6-7-47(30(19-29)14-23-12-27(36)18-28(37)13-23)33(49)24-15-25(34(38,39)40)17-26(16-24)35(41,42)43/h3-5,12-13,15-18,29-30H,6-11,14,19-20H2,1-2H3,(H,44,48)/t29-,30-/m0/s1. The number of carbonyl (C=O) groups excluding carboxylic acids is 2. The normalized spacial score (nSPS) is 19.6. The Kier molecular flexibility index (Phi) is 10.7. The summed E-state index contributed by atoms with van der Waals surface area (Å²) in [5, 5.41) is 2.98. The SMILES string of the molecule is Cc1cccc(C)c1NC(=O)CN1CCN([C@H]2CCN(C(=O)c3cc(C(F)(F)F)cc(C(F)(F)F)c3)[C@@H](Cc3cc(F)cc(F)c3)C2)CC1. The molecule has 2 heterocycles. The van der Waals surface area contributed by atoms with E-state index in [2.05, 4.69) is 10.2 Å². The number of nitrogens with one attached hydrogen (secondary N) is 1. The number of likely N-dealkylation sites (tertiary alicyclic amines) is 1. The van der Waals surface area contributed by atoms with Crippen LogP contribution < -0.4 is 5.32 Å². The van der Waals surface area contributed by atoms with Crippen molar-refractivity contribution in [3.05, 3.63) is 99.6 Å². The molecule has 1 N–H and O–H groups in total. The lowest BCUT2D eigenvalue weighted by Gasteiger charge is -2.46. The minimum absolute atomic E-state index is 0.00194. The molecule has 0 spiro atoms. The highest BCUT2D eigenvalue weighted by molar-refractivity contribution is 5.95. The lowest BCUT2D eigenvalue weighted by Crippen LogP contribution is -2.57. The number of piperazine rings is 1. The number of aryl methyl sites for hydroxylation is 2. The van der Waals surface area contributed by atoms with Gasteiger partial charge in [-0.15, -0.1) is 0 Å². The van der Waals surface area contributed by atoms with E-state index in [1.54, 1.807) is 0 Å². The zero-order valence-corrected chi connectivity index (χ0v) is 26.9. The van der Waals surface area contributed by atoms with Crippen LogP contribution in [0.4, 0.5) is 40.8 Å². The highest BCUT2D eigenvalue weighted by Gasteiger charge is 2.40. The van der Waals surface area contributed by atoms with Crippen molar-refractivity contribution in [2.24, 2.45) is 0 Å². The van der Waals surface area contributed by atoms with Crippen molar-refractivity contribution in [3.63, 3.8) is 0 Å². The van der Waals surface area contributed by atoms with Crippen molar-refractivity contribution in [3.8, 4) is 0 Å². The Morgan fingerprint density at radius 2 is 1.37 bits per heavy atom. The van der Waals surface area contributed by atoms with Crippen LogP contribution in [-0.2, 0) is 23.6 Å². The van der Waals surface area contributed by atoms with Gasteiger partial charge in [-0.1, -0.05) is 18.2 Å². The number of carbonyl (C=O) groups is 2. The Morgan fingerprint density at radius 1 is 0.796 bits per heavy atom. The van der Waals surface area contributed by atoms with Gasteiger partial charge in [-0.2, -0.15) is 26.3 Å². The lowest BCUT2D eigenvalue weighted by atomic mass is 9.90. The number of anilines is 1. The first-order valence-electron chi connectivity index (χ1n) is 15.9. The smallest absolute Gasteiger partial charge is 0.335 e. The predicted octanol–water partition coefficient (Wildman–Crippen LogP) is 7.09. The van der Waals surface area contributed by atoms with Gasteiger partial charge < -0.3 is 10.2 Å². The monoisotopic (exact) mass is 696 g/mol. The van der Waals surface area contributed by atoms with E-state index in [-0.39, 0.29) is 49.5 Å². The van der Waals surface area contributed by atoms with Crippen molar-refractivity contribution in [2.45, 2.75) is 57.5 Å². The minimum Gasteiger partial charge on any atom is -0.335 e. The highest BCUT2D eigenvalue weighted by atomic mass is 19.4. The van der Waals surface area contributed by atoms with E-state index in [9.17, 15) is 44.7 Å². The number of halogens is 8. The number of amides is 2. The quantitative estimate of drug-likeness (QED) is 0.268. The van der Waals surface area contributed by atoms with Gasteiger partial charge in [-0.05, 0) is 80.1 Å². The van der Waals surface area contributed by atoms with Crippen LogP contribution in [0.1, 0.15) is 51.0 Å². The first-order chi connectivity index (χ1) is 23.0. The molecule has 2 aliphatic heterocycles. The van der Waals surface area contributed by atoms with Crippen LogP contribution in [0, 0.1) is 25.5 Å². The Bertz CT molecular complexity index is 1610. The minimum atomic E-state index is -5.13. The first kappa shape index (κ1) is 36.2. The summed E-state index contributed by atoms with van der Waals surface area (Å²) in [6, 6.07) is 8.44. The predicted molar refractivity (Wildman–Crippen MR) is 167 cm³/mol. The highest BCUT2D eigenvalue weighted by Crippen LogP contribution is 2.37. The molecule has 0 aliphatic carbocycles. The fraction of sp³-hybridized carbons (Fsp3) is 0.429. The molecule has 3 aromatic carbocycles. The van der Waals surface area contributed by atoms with Crippen molar-refractivity contribution in [2.75, 3.05) is 44.6 Å². The van der Waals surface area contributed by atoms with Gasteiger partial charge in [0.1, 0.15) is 11.6 Å². The largest absolute Gasteiger partial charge is 0.416 e. The number of rotatable bonds is 7. The van der Waals surface area contributed by atoms with Crippen LogP contribution in [0.15, 0.2) is 54.6 Å². The van der Waals surface area contributed by atoms with E-state index in [0.29, 0.717) is 50.8 Å². The number of alkyl halides is 6. The van der Waals surface area contributed by atoms with Crippen LogP contribution in [-0.4, -0.2) is 77.9 Å². The average molecular weight is 697 g/mol. The molecular weight excluding hydrogens is 660 g/mol. The molecule has 3 aromatic rings.